The van der Waals surface area contributed by atoms with E-state index in [9.17, 15) is 18.7 Å². The van der Waals surface area contributed by atoms with Crippen LogP contribution in [0.4, 0.5) is 8.78 Å². The zero-order chi connectivity index (χ0) is 15.6. The van der Waals surface area contributed by atoms with Crippen molar-refractivity contribution in [2.75, 3.05) is 0 Å². The first-order chi connectivity index (χ1) is 9.88. The van der Waals surface area contributed by atoms with Crippen LogP contribution < -0.4 is 5.32 Å². The van der Waals surface area contributed by atoms with Gasteiger partial charge in [0, 0.05) is 12.6 Å². The van der Waals surface area contributed by atoms with E-state index in [2.05, 4.69) is 5.32 Å². The van der Waals surface area contributed by atoms with Crippen molar-refractivity contribution in [3.63, 3.8) is 0 Å². The number of aromatic hydroxyl groups is 1. The lowest BCUT2D eigenvalue weighted by Gasteiger charge is -2.09. The van der Waals surface area contributed by atoms with Gasteiger partial charge in [0.2, 0.25) is 0 Å². The topological polar surface area (TPSA) is 49.3 Å². The van der Waals surface area contributed by atoms with Crippen molar-refractivity contribution < 1.29 is 18.7 Å². The highest BCUT2D eigenvalue weighted by Gasteiger charge is 2.12. The van der Waals surface area contributed by atoms with Gasteiger partial charge in [0.1, 0.15) is 17.4 Å². The Morgan fingerprint density at radius 3 is 2.33 bits per heavy atom. The van der Waals surface area contributed by atoms with E-state index in [1.807, 2.05) is 0 Å². The highest BCUT2D eigenvalue weighted by Crippen LogP contribution is 2.18. The Kier molecular flexibility index (Phi) is 4.21. The molecule has 0 aromatic heterocycles. The summed E-state index contributed by atoms with van der Waals surface area (Å²) in [6, 6.07) is 6.48. The molecule has 0 radical (unpaired) electrons. The van der Waals surface area contributed by atoms with Gasteiger partial charge in [0.25, 0.3) is 5.91 Å². The summed E-state index contributed by atoms with van der Waals surface area (Å²) < 4.78 is 26.4. The van der Waals surface area contributed by atoms with Crippen LogP contribution in [-0.2, 0) is 6.54 Å². The summed E-state index contributed by atoms with van der Waals surface area (Å²) in [5.74, 6) is -1.82. The molecule has 0 atom stereocenters. The van der Waals surface area contributed by atoms with Crippen molar-refractivity contribution in [2.24, 2.45) is 0 Å². The minimum absolute atomic E-state index is 0.00745. The maximum absolute atomic E-state index is 13.5. The number of phenolic OH excluding ortho intramolecular Hbond substituents is 1. The maximum Gasteiger partial charge on any atom is 0.255 e. The molecule has 0 unspecified atom stereocenters. The van der Waals surface area contributed by atoms with Crippen LogP contribution in [0.3, 0.4) is 0 Å². The zero-order valence-corrected chi connectivity index (χ0v) is 11.7. The monoisotopic (exact) mass is 291 g/mol. The van der Waals surface area contributed by atoms with Crippen molar-refractivity contribution in [1.82, 2.24) is 5.32 Å². The van der Waals surface area contributed by atoms with Crippen molar-refractivity contribution in [1.29, 1.82) is 0 Å². The van der Waals surface area contributed by atoms with E-state index in [0.717, 1.165) is 17.7 Å². The van der Waals surface area contributed by atoms with Gasteiger partial charge >= 0.3 is 0 Å². The molecule has 0 heterocycles. The van der Waals surface area contributed by atoms with Gasteiger partial charge in [-0.25, -0.2) is 8.78 Å². The van der Waals surface area contributed by atoms with E-state index in [0.29, 0.717) is 11.1 Å². The van der Waals surface area contributed by atoms with E-state index in [-0.39, 0.29) is 17.9 Å². The predicted molar refractivity (Wildman–Crippen MR) is 75.1 cm³/mol. The third-order valence-electron chi connectivity index (χ3n) is 3.15. The Balaban J connectivity index is 2.11. The van der Waals surface area contributed by atoms with Crippen LogP contribution in [0.5, 0.6) is 5.75 Å². The second-order valence-electron chi connectivity index (χ2n) is 4.89. The third-order valence-corrected chi connectivity index (χ3v) is 3.15. The molecule has 0 saturated heterocycles. The number of carbonyl (C=O) groups is 1. The summed E-state index contributed by atoms with van der Waals surface area (Å²) in [5.41, 5.74) is 1.75. The van der Waals surface area contributed by atoms with Gasteiger partial charge in [-0.2, -0.15) is 0 Å². The number of phenols is 1. The molecule has 2 aromatic rings. The molecule has 110 valence electrons. The van der Waals surface area contributed by atoms with Gasteiger partial charge in [-0.05, 0) is 42.7 Å². The molecule has 21 heavy (non-hydrogen) atoms. The van der Waals surface area contributed by atoms with E-state index >= 15 is 0 Å². The van der Waals surface area contributed by atoms with Crippen molar-refractivity contribution in [3.8, 4) is 5.75 Å². The summed E-state index contributed by atoms with van der Waals surface area (Å²) in [5, 5.41) is 12.1. The van der Waals surface area contributed by atoms with Gasteiger partial charge in [0.15, 0.2) is 0 Å². The average Bonchev–Trinajstić information content (AvgIpc) is 2.42. The van der Waals surface area contributed by atoms with Crippen LogP contribution in [0.25, 0.3) is 0 Å². The average molecular weight is 291 g/mol. The van der Waals surface area contributed by atoms with Crippen LogP contribution in [0.2, 0.25) is 0 Å². The molecule has 3 nitrogen and oxygen atoms in total. The van der Waals surface area contributed by atoms with Gasteiger partial charge in [0.05, 0.1) is 5.56 Å². The van der Waals surface area contributed by atoms with Crippen LogP contribution in [-0.4, -0.2) is 11.0 Å². The highest BCUT2D eigenvalue weighted by molar-refractivity contribution is 5.96. The van der Waals surface area contributed by atoms with Gasteiger partial charge < -0.3 is 10.4 Å². The van der Waals surface area contributed by atoms with Gasteiger partial charge in [-0.3, -0.25) is 4.79 Å². The molecule has 2 rings (SSSR count). The molecule has 0 spiro atoms. The lowest BCUT2D eigenvalue weighted by Crippen LogP contribution is -2.23. The van der Waals surface area contributed by atoms with E-state index in [1.165, 1.54) is 6.07 Å². The summed E-state index contributed by atoms with van der Waals surface area (Å²) in [6.07, 6.45) is 0. The van der Waals surface area contributed by atoms with E-state index in [1.54, 1.807) is 26.0 Å². The molecule has 0 saturated carbocycles. The molecule has 5 heteroatoms. The lowest BCUT2D eigenvalue weighted by atomic mass is 10.1. The second kappa shape index (κ2) is 5.91. The van der Waals surface area contributed by atoms with Gasteiger partial charge in [-0.1, -0.05) is 12.1 Å². The number of hydrogen-bond donors (Lipinski definition) is 2. The SMILES string of the molecule is Cc1cc(CNC(=O)c2ccc(F)cc2O)cc(C)c1F. The number of benzene rings is 2. The molecule has 0 aliphatic heterocycles. The van der Waals surface area contributed by atoms with Gasteiger partial charge in [-0.15, -0.1) is 0 Å². The highest BCUT2D eigenvalue weighted by atomic mass is 19.1. The number of aryl methyl sites for hydroxylation is 2. The van der Waals surface area contributed by atoms with Crippen LogP contribution in [0, 0.1) is 25.5 Å². The quantitative estimate of drug-likeness (QED) is 0.912. The Hall–Kier alpha value is -2.43. The van der Waals surface area contributed by atoms with Crippen molar-refractivity contribution in [3.05, 3.63) is 64.2 Å². The lowest BCUT2D eigenvalue weighted by molar-refractivity contribution is 0.0948. The summed E-state index contributed by atoms with van der Waals surface area (Å²) in [6.45, 7) is 3.50. The fourth-order valence-corrected chi connectivity index (χ4v) is 2.11. The molecule has 2 aromatic carbocycles. The molecule has 2 N–H and O–H groups in total. The molecule has 0 aliphatic rings. The molecule has 0 bridgehead atoms. The van der Waals surface area contributed by atoms with Crippen LogP contribution in [0.15, 0.2) is 30.3 Å². The Labute approximate surface area is 121 Å². The minimum atomic E-state index is -0.617. The number of hydrogen-bond acceptors (Lipinski definition) is 2. The summed E-state index contributed by atoms with van der Waals surface area (Å²) in [7, 11) is 0. The smallest absolute Gasteiger partial charge is 0.255 e. The number of nitrogens with one attached hydrogen (secondary N) is 1. The number of amides is 1. The second-order valence-corrected chi connectivity index (χ2v) is 4.89. The zero-order valence-electron chi connectivity index (χ0n) is 11.7. The molecular formula is C16H15F2NO2. The molecule has 0 fully saturated rings. The van der Waals surface area contributed by atoms with Crippen LogP contribution in [0.1, 0.15) is 27.0 Å². The Morgan fingerprint density at radius 1 is 1.14 bits per heavy atom. The number of halogens is 2. The fourth-order valence-electron chi connectivity index (χ4n) is 2.11. The molecule has 0 aliphatic carbocycles. The summed E-state index contributed by atoms with van der Waals surface area (Å²) in [4.78, 5) is 11.9. The Morgan fingerprint density at radius 2 is 1.76 bits per heavy atom. The van der Waals surface area contributed by atoms with Crippen molar-refractivity contribution >= 4 is 5.91 Å². The predicted octanol–water partition coefficient (Wildman–Crippen LogP) is 3.22. The number of carbonyl (C=O) groups excluding carboxylic acids is 1. The number of rotatable bonds is 3. The van der Waals surface area contributed by atoms with E-state index in [4.69, 9.17) is 0 Å². The van der Waals surface area contributed by atoms with E-state index < -0.39 is 17.5 Å². The van der Waals surface area contributed by atoms with Crippen LogP contribution >= 0.6 is 0 Å². The molecule has 1 amide bonds. The summed E-state index contributed by atoms with van der Waals surface area (Å²) >= 11 is 0. The van der Waals surface area contributed by atoms with Crippen molar-refractivity contribution in [2.45, 2.75) is 20.4 Å². The minimum Gasteiger partial charge on any atom is -0.507 e. The first-order valence-electron chi connectivity index (χ1n) is 6.41. The normalized spacial score (nSPS) is 10.5. The first-order valence-corrected chi connectivity index (χ1v) is 6.41. The fraction of sp³-hybridized carbons (Fsp3) is 0.188. The maximum atomic E-state index is 13.5. The first kappa shape index (κ1) is 15.0. The third kappa shape index (κ3) is 3.37. The standard InChI is InChI=1S/C16H15F2NO2/c1-9-5-11(6-10(2)15(9)18)8-19-16(21)13-4-3-12(17)7-14(13)20/h3-7,20H,8H2,1-2H3,(H,19,21). The largest absolute Gasteiger partial charge is 0.507 e. The molecular weight excluding hydrogens is 276 g/mol. The Bertz CT molecular complexity index is 676.